The van der Waals surface area contributed by atoms with E-state index in [0.717, 1.165) is 0 Å². The van der Waals surface area contributed by atoms with Crippen molar-refractivity contribution in [2.45, 2.75) is 25.4 Å². The molecule has 1 fully saturated rings. The van der Waals surface area contributed by atoms with E-state index in [0.29, 0.717) is 22.6 Å². The number of benzene rings is 2. The normalized spacial score (nSPS) is 20.2. The van der Waals surface area contributed by atoms with Crippen LogP contribution >= 0.6 is 0 Å². The zero-order valence-corrected chi connectivity index (χ0v) is 16.1. The highest BCUT2D eigenvalue weighted by Crippen LogP contribution is 2.44. The van der Waals surface area contributed by atoms with E-state index < -0.39 is 11.6 Å². The molecule has 1 atom stereocenters. The minimum absolute atomic E-state index is 0.168. The Labute approximate surface area is 167 Å². The SMILES string of the molecule is CC(=O)Nc1ccc(NC(=O)[C@]23CCC(=O)N2c2ccccc2C(=O)N3C)cc1. The lowest BCUT2D eigenvalue weighted by Crippen LogP contribution is -2.68. The third-order valence-corrected chi connectivity index (χ3v) is 5.37. The van der Waals surface area contributed by atoms with Crippen molar-refractivity contribution in [2.75, 3.05) is 22.6 Å². The monoisotopic (exact) mass is 392 g/mol. The molecule has 2 heterocycles. The Bertz CT molecular complexity index is 1030. The average Bonchev–Trinajstić information content (AvgIpc) is 3.06. The van der Waals surface area contributed by atoms with E-state index in [1.165, 1.54) is 16.7 Å². The number of amides is 4. The Kier molecular flexibility index (Phi) is 4.34. The number of carbonyl (C=O) groups excluding carboxylic acids is 4. The van der Waals surface area contributed by atoms with Crippen LogP contribution in [0.15, 0.2) is 48.5 Å². The zero-order valence-electron chi connectivity index (χ0n) is 16.1. The molecule has 2 aliphatic rings. The lowest BCUT2D eigenvalue weighted by molar-refractivity contribution is -0.128. The van der Waals surface area contributed by atoms with Gasteiger partial charge in [-0.25, -0.2) is 0 Å². The maximum atomic E-state index is 13.4. The summed E-state index contributed by atoms with van der Waals surface area (Å²) in [5.74, 6) is -1.15. The Morgan fingerprint density at radius 2 is 1.59 bits per heavy atom. The largest absolute Gasteiger partial charge is 0.326 e. The van der Waals surface area contributed by atoms with E-state index in [1.54, 1.807) is 55.6 Å². The Hall–Kier alpha value is -3.68. The third-order valence-electron chi connectivity index (χ3n) is 5.37. The summed E-state index contributed by atoms with van der Waals surface area (Å²) in [6.45, 7) is 1.41. The number of fused-ring (bicyclic) bond motifs is 3. The molecule has 4 rings (SSSR count). The molecular formula is C21H20N4O4. The summed E-state index contributed by atoms with van der Waals surface area (Å²) >= 11 is 0. The van der Waals surface area contributed by atoms with Crippen molar-refractivity contribution in [3.8, 4) is 0 Å². The Morgan fingerprint density at radius 1 is 0.966 bits per heavy atom. The molecule has 8 heteroatoms. The number of hydrogen-bond acceptors (Lipinski definition) is 4. The van der Waals surface area contributed by atoms with Gasteiger partial charge in [-0.05, 0) is 36.4 Å². The summed E-state index contributed by atoms with van der Waals surface area (Å²) in [7, 11) is 1.54. The van der Waals surface area contributed by atoms with Gasteiger partial charge in [-0.1, -0.05) is 12.1 Å². The summed E-state index contributed by atoms with van der Waals surface area (Å²) in [6, 6.07) is 13.4. The maximum absolute atomic E-state index is 13.4. The van der Waals surface area contributed by atoms with Crippen LogP contribution in [-0.2, 0) is 14.4 Å². The predicted molar refractivity (Wildman–Crippen MR) is 107 cm³/mol. The standard InChI is InChI=1S/C21H20N4O4/c1-13(26)22-14-7-9-15(10-8-14)23-20(29)21-12-11-18(27)25(21)17-6-4-3-5-16(17)19(28)24(21)2/h3-10H,11-12H2,1-2H3,(H,22,26)(H,23,29)/t21-/m0/s1. The fraction of sp³-hybridized carbons (Fsp3) is 0.238. The number of nitrogens with one attached hydrogen (secondary N) is 2. The number of carbonyl (C=O) groups is 4. The zero-order chi connectivity index (χ0) is 20.8. The van der Waals surface area contributed by atoms with Gasteiger partial charge in [0.1, 0.15) is 0 Å². The van der Waals surface area contributed by atoms with Gasteiger partial charge in [-0.15, -0.1) is 0 Å². The van der Waals surface area contributed by atoms with Crippen LogP contribution in [0, 0.1) is 0 Å². The molecular weight excluding hydrogens is 372 g/mol. The van der Waals surface area contributed by atoms with Crippen molar-refractivity contribution in [1.29, 1.82) is 0 Å². The first-order valence-electron chi connectivity index (χ1n) is 9.24. The van der Waals surface area contributed by atoms with Gasteiger partial charge in [0.05, 0.1) is 11.3 Å². The topological polar surface area (TPSA) is 98.8 Å². The van der Waals surface area contributed by atoms with Gasteiger partial charge in [0, 0.05) is 38.2 Å². The molecule has 0 bridgehead atoms. The minimum Gasteiger partial charge on any atom is -0.326 e. The van der Waals surface area contributed by atoms with Gasteiger partial charge in [0.25, 0.3) is 11.8 Å². The molecule has 29 heavy (non-hydrogen) atoms. The lowest BCUT2D eigenvalue weighted by atomic mass is 9.96. The number of hydrogen-bond donors (Lipinski definition) is 2. The fourth-order valence-electron chi connectivity index (χ4n) is 4.00. The Morgan fingerprint density at radius 3 is 2.24 bits per heavy atom. The predicted octanol–water partition coefficient (Wildman–Crippen LogP) is 2.19. The van der Waals surface area contributed by atoms with Gasteiger partial charge in [0.2, 0.25) is 17.5 Å². The van der Waals surface area contributed by atoms with Crippen LogP contribution in [-0.4, -0.2) is 41.2 Å². The average molecular weight is 392 g/mol. The molecule has 0 radical (unpaired) electrons. The molecule has 1 saturated heterocycles. The summed E-state index contributed by atoms with van der Waals surface area (Å²) in [5.41, 5.74) is 0.532. The van der Waals surface area contributed by atoms with Crippen molar-refractivity contribution in [2.24, 2.45) is 0 Å². The van der Waals surface area contributed by atoms with E-state index in [9.17, 15) is 19.2 Å². The number of rotatable bonds is 3. The van der Waals surface area contributed by atoms with Gasteiger partial charge in [-0.2, -0.15) is 0 Å². The molecule has 148 valence electrons. The van der Waals surface area contributed by atoms with Crippen LogP contribution in [0.5, 0.6) is 0 Å². The second-order valence-electron chi connectivity index (χ2n) is 7.14. The van der Waals surface area contributed by atoms with Crippen LogP contribution < -0.4 is 15.5 Å². The number of para-hydroxylation sites is 1. The summed E-state index contributed by atoms with van der Waals surface area (Å²) in [4.78, 5) is 53.0. The molecule has 0 unspecified atom stereocenters. The van der Waals surface area contributed by atoms with E-state index >= 15 is 0 Å². The quantitative estimate of drug-likeness (QED) is 0.836. The highest BCUT2D eigenvalue weighted by atomic mass is 16.2. The smallest absolute Gasteiger partial charge is 0.271 e. The molecule has 0 aliphatic carbocycles. The maximum Gasteiger partial charge on any atom is 0.271 e. The van der Waals surface area contributed by atoms with Crippen LogP contribution in [0.1, 0.15) is 30.1 Å². The van der Waals surface area contributed by atoms with Crippen molar-refractivity contribution in [3.63, 3.8) is 0 Å². The molecule has 2 aromatic rings. The second kappa shape index (κ2) is 6.73. The van der Waals surface area contributed by atoms with Crippen molar-refractivity contribution in [3.05, 3.63) is 54.1 Å². The third kappa shape index (κ3) is 2.84. The van der Waals surface area contributed by atoms with E-state index in [2.05, 4.69) is 10.6 Å². The van der Waals surface area contributed by atoms with Gasteiger partial charge in [-0.3, -0.25) is 24.1 Å². The van der Waals surface area contributed by atoms with E-state index in [4.69, 9.17) is 0 Å². The first kappa shape index (κ1) is 18.7. The lowest BCUT2D eigenvalue weighted by Gasteiger charge is -2.47. The highest BCUT2D eigenvalue weighted by Gasteiger charge is 2.59. The van der Waals surface area contributed by atoms with Gasteiger partial charge in [0.15, 0.2) is 0 Å². The van der Waals surface area contributed by atoms with Crippen LogP contribution in [0.4, 0.5) is 17.1 Å². The summed E-state index contributed by atoms with van der Waals surface area (Å²) in [6.07, 6.45) is 0.374. The van der Waals surface area contributed by atoms with Crippen LogP contribution in [0.3, 0.4) is 0 Å². The van der Waals surface area contributed by atoms with Crippen LogP contribution in [0.25, 0.3) is 0 Å². The number of likely N-dealkylation sites (N-methyl/N-ethyl adjacent to an activating group) is 1. The number of anilines is 3. The van der Waals surface area contributed by atoms with Gasteiger partial charge < -0.3 is 15.5 Å². The van der Waals surface area contributed by atoms with E-state index in [-0.39, 0.29) is 30.6 Å². The van der Waals surface area contributed by atoms with Crippen molar-refractivity contribution >= 4 is 40.7 Å². The minimum atomic E-state index is -1.42. The molecule has 2 N–H and O–H groups in total. The highest BCUT2D eigenvalue weighted by molar-refractivity contribution is 6.18. The van der Waals surface area contributed by atoms with E-state index in [1.807, 2.05) is 0 Å². The second-order valence-corrected chi connectivity index (χ2v) is 7.14. The van der Waals surface area contributed by atoms with Crippen molar-refractivity contribution in [1.82, 2.24) is 4.90 Å². The number of nitrogens with zero attached hydrogens (tertiary/aromatic N) is 2. The first-order chi connectivity index (χ1) is 13.8. The van der Waals surface area contributed by atoms with Crippen LogP contribution in [0.2, 0.25) is 0 Å². The molecule has 4 amide bonds. The summed E-state index contributed by atoms with van der Waals surface area (Å²) in [5, 5.41) is 5.47. The molecule has 0 aromatic heterocycles. The van der Waals surface area contributed by atoms with Gasteiger partial charge >= 0.3 is 0 Å². The molecule has 2 aromatic carbocycles. The fourth-order valence-corrected chi connectivity index (χ4v) is 4.00. The molecule has 0 spiro atoms. The molecule has 2 aliphatic heterocycles. The molecule has 8 nitrogen and oxygen atoms in total. The Balaban J connectivity index is 1.69. The first-order valence-corrected chi connectivity index (χ1v) is 9.24. The molecule has 0 saturated carbocycles. The summed E-state index contributed by atoms with van der Waals surface area (Å²) < 4.78 is 0. The van der Waals surface area contributed by atoms with Crippen molar-refractivity contribution < 1.29 is 19.2 Å².